The van der Waals surface area contributed by atoms with Crippen LogP contribution in [0.5, 0.6) is 0 Å². The molecule has 1 saturated carbocycles. The molecule has 0 radical (unpaired) electrons. The van der Waals surface area contributed by atoms with Gasteiger partial charge in [0.1, 0.15) is 0 Å². The topological polar surface area (TPSA) is 32.3 Å². The first-order valence-electron chi connectivity index (χ1n) is 4.98. The number of fused-ring (bicyclic) bond motifs is 2. The Morgan fingerprint density at radius 3 is 2.54 bits per heavy atom. The third-order valence-electron chi connectivity index (χ3n) is 3.44. The Morgan fingerprint density at radius 1 is 1.46 bits per heavy atom. The number of carbonyl (C=O) groups is 1. The first-order valence-corrected chi connectivity index (χ1v) is 4.98. The molecule has 2 bridgehead atoms. The zero-order valence-corrected chi connectivity index (χ0v) is 7.62. The van der Waals surface area contributed by atoms with E-state index in [2.05, 4.69) is 16.8 Å². The number of hydrogen-bond donors (Lipinski definition) is 1. The van der Waals surface area contributed by atoms with Gasteiger partial charge in [-0.25, -0.2) is 0 Å². The molecule has 3 aliphatic rings. The summed E-state index contributed by atoms with van der Waals surface area (Å²) in [5, 5.41) is 3.32. The molecule has 3 fully saturated rings. The van der Waals surface area contributed by atoms with Gasteiger partial charge in [-0.1, -0.05) is 12.2 Å². The molecule has 13 heavy (non-hydrogen) atoms. The summed E-state index contributed by atoms with van der Waals surface area (Å²) in [6.07, 6.45) is 2.14. The van der Waals surface area contributed by atoms with Crippen LogP contribution in [-0.4, -0.2) is 36.0 Å². The lowest BCUT2D eigenvalue weighted by atomic mass is 9.88. The Bertz CT molecular complexity index is 273. The van der Waals surface area contributed by atoms with E-state index in [1.807, 2.05) is 0 Å². The maximum atomic E-state index is 11.8. The van der Waals surface area contributed by atoms with Crippen molar-refractivity contribution in [1.29, 1.82) is 0 Å². The van der Waals surface area contributed by atoms with Crippen molar-refractivity contribution < 1.29 is 4.79 Å². The number of piperazine rings is 1. The van der Waals surface area contributed by atoms with Crippen molar-refractivity contribution in [3.8, 4) is 0 Å². The summed E-state index contributed by atoms with van der Waals surface area (Å²) in [4.78, 5) is 13.9. The van der Waals surface area contributed by atoms with Gasteiger partial charge in [0.2, 0.25) is 5.91 Å². The number of hydrogen-bond acceptors (Lipinski definition) is 2. The number of nitrogens with zero attached hydrogens (tertiary/aromatic N) is 1. The molecule has 2 saturated heterocycles. The molecule has 0 aromatic carbocycles. The van der Waals surface area contributed by atoms with Gasteiger partial charge < -0.3 is 10.2 Å². The van der Waals surface area contributed by atoms with E-state index in [0.717, 1.165) is 25.1 Å². The van der Waals surface area contributed by atoms with E-state index >= 15 is 0 Å². The van der Waals surface area contributed by atoms with Crippen LogP contribution < -0.4 is 5.32 Å². The van der Waals surface area contributed by atoms with Crippen molar-refractivity contribution in [2.75, 3.05) is 13.1 Å². The fourth-order valence-electron chi connectivity index (χ4n) is 2.49. The van der Waals surface area contributed by atoms with E-state index < -0.39 is 0 Å². The monoisotopic (exact) mass is 178 g/mol. The first-order chi connectivity index (χ1) is 6.27. The van der Waals surface area contributed by atoms with Gasteiger partial charge in [-0.15, -0.1) is 0 Å². The van der Waals surface area contributed by atoms with Gasteiger partial charge in [-0.05, 0) is 12.8 Å². The average Bonchev–Trinajstić information content (AvgIpc) is 2.84. The standard InChI is InChI=1S/C10H14N2O/c1-6-2-9(6)10(13)12-7-3-8(12)5-11-4-7/h7-9,11H,1-5H2. The molecule has 3 nitrogen and oxygen atoms in total. The summed E-state index contributed by atoms with van der Waals surface area (Å²) < 4.78 is 0. The lowest BCUT2D eigenvalue weighted by Gasteiger charge is -2.53. The fraction of sp³-hybridized carbons (Fsp3) is 0.700. The normalized spacial score (nSPS) is 41.4. The summed E-state index contributed by atoms with van der Waals surface area (Å²) in [6.45, 7) is 5.82. The predicted octanol–water partition coefficient (Wildman–Crippen LogP) is 0.135. The Balaban J connectivity index is 1.72. The Hall–Kier alpha value is -0.830. The minimum Gasteiger partial charge on any atom is -0.333 e. The molecule has 0 aromatic rings. The average molecular weight is 178 g/mol. The molecule has 0 spiro atoms. The molecule has 70 valence electrons. The molecule has 3 unspecified atom stereocenters. The SMILES string of the molecule is C=C1CC1C(=O)N1C2CNCC1C2. The van der Waals surface area contributed by atoms with Gasteiger partial charge in [0.05, 0.1) is 5.92 Å². The maximum absolute atomic E-state index is 11.8. The van der Waals surface area contributed by atoms with E-state index in [1.165, 1.54) is 6.42 Å². The molecular weight excluding hydrogens is 164 g/mol. The third kappa shape index (κ3) is 0.967. The second-order valence-corrected chi connectivity index (χ2v) is 4.36. The van der Waals surface area contributed by atoms with E-state index in [-0.39, 0.29) is 5.92 Å². The largest absolute Gasteiger partial charge is 0.333 e. The van der Waals surface area contributed by atoms with Crippen LogP contribution >= 0.6 is 0 Å². The molecule has 3 rings (SSSR count). The first kappa shape index (κ1) is 7.56. The summed E-state index contributed by atoms with van der Waals surface area (Å²) in [5.74, 6) is 0.524. The second-order valence-electron chi connectivity index (χ2n) is 4.36. The number of piperidine rings is 1. The Labute approximate surface area is 77.8 Å². The van der Waals surface area contributed by atoms with E-state index in [0.29, 0.717) is 18.0 Å². The van der Waals surface area contributed by atoms with Crippen LogP contribution in [0.15, 0.2) is 12.2 Å². The summed E-state index contributed by atoms with van der Waals surface area (Å²) >= 11 is 0. The molecule has 3 atom stereocenters. The lowest BCUT2D eigenvalue weighted by molar-refractivity contribution is -0.148. The maximum Gasteiger partial charge on any atom is 0.230 e. The summed E-state index contributed by atoms with van der Waals surface area (Å²) in [6, 6.07) is 0.972. The number of carbonyl (C=O) groups excluding carboxylic acids is 1. The van der Waals surface area contributed by atoms with Gasteiger partial charge in [0, 0.05) is 25.2 Å². The van der Waals surface area contributed by atoms with Crippen molar-refractivity contribution in [3.05, 3.63) is 12.2 Å². The molecule has 1 aliphatic carbocycles. The summed E-state index contributed by atoms with van der Waals surface area (Å²) in [7, 11) is 0. The quantitative estimate of drug-likeness (QED) is 0.579. The molecule has 3 heteroatoms. The highest BCUT2D eigenvalue weighted by molar-refractivity contribution is 5.87. The number of nitrogens with one attached hydrogen (secondary N) is 1. The van der Waals surface area contributed by atoms with Crippen molar-refractivity contribution in [1.82, 2.24) is 10.2 Å². The third-order valence-corrected chi connectivity index (χ3v) is 3.44. The van der Waals surface area contributed by atoms with Gasteiger partial charge in [-0.2, -0.15) is 0 Å². The molecule has 2 aliphatic heterocycles. The fourth-order valence-corrected chi connectivity index (χ4v) is 2.49. The van der Waals surface area contributed by atoms with Crippen LogP contribution in [0.1, 0.15) is 12.8 Å². The minimum atomic E-state index is 0.184. The molecular formula is C10H14N2O. The highest BCUT2D eigenvalue weighted by atomic mass is 16.2. The van der Waals surface area contributed by atoms with Crippen molar-refractivity contribution >= 4 is 5.91 Å². The molecule has 1 amide bonds. The van der Waals surface area contributed by atoms with Gasteiger partial charge in [-0.3, -0.25) is 4.79 Å². The second kappa shape index (κ2) is 2.35. The predicted molar refractivity (Wildman–Crippen MR) is 49.2 cm³/mol. The van der Waals surface area contributed by atoms with Crippen LogP contribution in [0, 0.1) is 5.92 Å². The van der Waals surface area contributed by atoms with Gasteiger partial charge in [0.25, 0.3) is 0 Å². The van der Waals surface area contributed by atoms with E-state index in [1.54, 1.807) is 0 Å². The minimum absolute atomic E-state index is 0.184. The van der Waals surface area contributed by atoms with Gasteiger partial charge >= 0.3 is 0 Å². The molecule has 0 aromatic heterocycles. The van der Waals surface area contributed by atoms with Crippen molar-refractivity contribution in [3.63, 3.8) is 0 Å². The Morgan fingerprint density at radius 2 is 2.08 bits per heavy atom. The Kier molecular flexibility index (Phi) is 1.37. The van der Waals surface area contributed by atoms with E-state index in [4.69, 9.17) is 0 Å². The van der Waals surface area contributed by atoms with E-state index in [9.17, 15) is 4.79 Å². The number of rotatable bonds is 1. The van der Waals surface area contributed by atoms with Crippen LogP contribution in [0.2, 0.25) is 0 Å². The zero-order valence-electron chi connectivity index (χ0n) is 7.62. The van der Waals surface area contributed by atoms with Crippen molar-refractivity contribution in [2.45, 2.75) is 24.9 Å². The highest BCUT2D eigenvalue weighted by Gasteiger charge is 2.49. The highest BCUT2D eigenvalue weighted by Crippen LogP contribution is 2.41. The zero-order chi connectivity index (χ0) is 9.00. The van der Waals surface area contributed by atoms with Gasteiger partial charge in [0.15, 0.2) is 0 Å². The van der Waals surface area contributed by atoms with Crippen LogP contribution in [-0.2, 0) is 4.79 Å². The lowest BCUT2D eigenvalue weighted by Crippen LogP contribution is -2.69. The summed E-state index contributed by atoms with van der Waals surface area (Å²) in [5.41, 5.74) is 1.13. The van der Waals surface area contributed by atoms with Crippen LogP contribution in [0.4, 0.5) is 0 Å². The number of amides is 1. The molecule has 2 heterocycles. The molecule has 1 N–H and O–H groups in total. The van der Waals surface area contributed by atoms with Crippen LogP contribution in [0.25, 0.3) is 0 Å². The smallest absolute Gasteiger partial charge is 0.230 e. The van der Waals surface area contributed by atoms with Crippen LogP contribution in [0.3, 0.4) is 0 Å². The van der Waals surface area contributed by atoms with Crippen molar-refractivity contribution in [2.24, 2.45) is 5.92 Å².